The molecule has 1 N–H and O–H groups in total. The molecule has 0 saturated carbocycles. The maximum absolute atomic E-state index is 3.31. The molecule has 0 amide bonds. The van der Waals surface area contributed by atoms with E-state index < -0.39 is 0 Å². The summed E-state index contributed by atoms with van der Waals surface area (Å²) < 4.78 is 1.41. The average Bonchev–Trinajstić information content (AvgIpc) is 2.83. The summed E-state index contributed by atoms with van der Waals surface area (Å²) in [6, 6.07) is 9.45. The zero-order valence-electron chi connectivity index (χ0n) is 13.5. The maximum atomic E-state index is 3.31. The van der Waals surface area contributed by atoms with Gasteiger partial charge in [0.05, 0.1) is 0 Å². The van der Waals surface area contributed by atoms with Crippen LogP contribution in [-0.4, -0.2) is 37.0 Å². The van der Waals surface area contributed by atoms with Gasteiger partial charge >= 0.3 is 0 Å². The van der Waals surface area contributed by atoms with Crippen LogP contribution in [0, 0.1) is 0 Å². The second-order valence-corrected chi connectivity index (χ2v) is 7.51. The van der Waals surface area contributed by atoms with Crippen molar-refractivity contribution in [2.24, 2.45) is 0 Å². The zero-order chi connectivity index (χ0) is 15.2. The summed E-state index contributed by atoms with van der Waals surface area (Å²) in [5, 5.41) is 4.74. The third-order valence-electron chi connectivity index (χ3n) is 3.98. The third kappa shape index (κ3) is 4.01. The molecule has 4 heteroatoms. The summed E-state index contributed by atoms with van der Waals surface area (Å²) in [6.45, 7) is 4.29. The highest BCUT2D eigenvalue weighted by Gasteiger charge is 2.17. The van der Waals surface area contributed by atoms with Crippen LogP contribution in [0.4, 0.5) is 0 Å². The second-order valence-electron chi connectivity index (χ2n) is 5.46. The van der Waals surface area contributed by atoms with E-state index in [0.717, 1.165) is 13.1 Å². The van der Waals surface area contributed by atoms with E-state index in [1.54, 1.807) is 0 Å². The molecule has 0 saturated heterocycles. The number of hydrogen-bond donors (Lipinski definition) is 1. The topological polar surface area (TPSA) is 15.3 Å². The van der Waals surface area contributed by atoms with E-state index in [4.69, 9.17) is 0 Å². The first-order valence-electron chi connectivity index (χ1n) is 7.54. The van der Waals surface area contributed by atoms with Gasteiger partial charge in [-0.05, 0) is 43.8 Å². The summed E-state index contributed by atoms with van der Waals surface area (Å²) in [4.78, 5) is 3.99. The van der Waals surface area contributed by atoms with Gasteiger partial charge in [-0.25, -0.2) is 0 Å². The Balaban J connectivity index is 2.28. The highest BCUT2D eigenvalue weighted by atomic mass is 32.2. The fourth-order valence-corrected chi connectivity index (χ4v) is 4.86. The first-order chi connectivity index (χ1) is 10.2. The normalized spacial score (nSPS) is 13.2. The van der Waals surface area contributed by atoms with E-state index in [1.807, 2.05) is 30.1 Å². The number of hydrogen-bond acceptors (Lipinski definition) is 4. The van der Waals surface area contributed by atoms with Crippen LogP contribution in [0.15, 0.2) is 24.3 Å². The summed E-state index contributed by atoms with van der Waals surface area (Å²) in [7, 11) is 4.29. The number of nitrogens with one attached hydrogen (secondary N) is 1. The van der Waals surface area contributed by atoms with Crippen molar-refractivity contribution in [3.63, 3.8) is 0 Å². The molecule has 0 aliphatic carbocycles. The molecule has 1 unspecified atom stereocenters. The summed E-state index contributed by atoms with van der Waals surface area (Å²) >= 11 is 3.87. The van der Waals surface area contributed by atoms with Crippen LogP contribution in [0.5, 0.6) is 0 Å². The van der Waals surface area contributed by atoms with Crippen molar-refractivity contribution in [3.8, 4) is 0 Å². The van der Waals surface area contributed by atoms with Gasteiger partial charge in [-0.1, -0.05) is 25.1 Å². The minimum atomic E-state index is 0.654. The average molecular weight is 323 g/mol. The Morgan fingerprint density at radius 2 is 2.10 bits per heavy atom. The van der Waals surface area contributed by atoms with Gasteiger partial charge in [-0.15, -0.1) is 11.3 Å². The highest BCUT2D eigenvalue weighted by molar-refractivity contribution is 7.98. The van der Waals surface area contributed by atoms with Crippen LogP contribution < -0.4 is 5.32 Å². The molecule has 0 radical (unpaired) electrons. The Morgan fingerprint density at radius 3 is 2.76 bits per heavy atom. The lowest BCUT2D eigenvalue weighted by Crippen LogP contribution is -2.33. The largest absolute Gasteiger partial charge is 0.315 e. The van der Waals surface area contributed by atoms with Crippen LogP contribution in [-0.2, 0) is 13.1 Å². The fourth-order valence-electron chi connectivity index (χ4n) is 2.75. The van der Waals surface area contributed by atoms with Crippen molar-refractivity contribution in [1.29, 1.82) is 0 Å². The molecule has 116 valence electrons. The molecular weight excluding hydrogens is 296 g/mol. The number of thioether (sulfide) groups is 1. The molecule has 2 rings (SSSR count). The van der Waals surface area contributed by atoms with Gasteiger partial charge in [0.15, 0.2) is 0 Å². The third-order valence-corrected chi connectivity index (χ3v) is 5.91. The van der Waals surface area contributed by atoms with Crippen LogP contribution in [0.1, 0.15) is 23.8 Å². The second kappa shape index (κ2) is 8.18. The van der Waals surface area contributed by atoms with Gasteiger partial charge < -0.3 is 5.32 Å². The van der Waals surface area contributed by atoms with Crippen molar-refractivity contribution in [2.75, 3.05) is 26.1 Å². The van der Waals surface area contributed by atoms with E-state index in [2.05, 4.69) is 54.7 Å². The summed E-state index contributed by atoms with van der Waals surface area (Å²) in [6.07, 6.45) is 3.41. The van der Waals surface area contributed by atoms with Gasteiger partial charge in [0.2, 0.25) is 0 Å². The van der Waals surface area contributed by atoms with Gasteiger partial charge in [0, 0.05) is 34.5 Å². The molecule has 2 nitrogen and oxygen atoms in total. The van der Waals surface area contributed by atoms with Gasteiger partial charge in [0.1, 0.15) is 0 Å². The lowest BCUT2D eigenvalue weighted by Gasteiger charge is -2.27. The Hall–Kier alpha value is -0.550. The number of rotatable bonds is 8. The van der Waals surface area contributed by atoms with Crippen LogP contribution in [0.3, 0.4) is 0 Å². The monoisotopic (exact) mass is 322 g/mol. The Labute approximate surface area is 136 Å². The Morgan fingerprint density at radius 1 is 1.33 bits per heavy atom. The van der Waals surface area contributed by atoms with E-state index in [1.165, 1.54) is 32.7 Å². The number of nitrogens with zero attached hydrogens (tertiary/aromatic N) is 1. The standard InChI is InChI=1S/C17H26N2S2/c1-5-13(12-20-4)19(3)11-15-14-8-6-7-9-16(14)21-17(15)10-18-2/h6-9,13,18H,5,10-12H2,1-4H3. The van der Waals surface area contributed by atoms with E-state index in [-0.39, 0.29) is 0 Å². The minimum absolute atomic E-state index is 0.654. The van der Waals surface area contributed by atoms with E-state index >= 15 is 0 Å². The minimum Gasteiger partial charge on any atom is -0.315 e. The zero-order valence-corrected chi connectivity index (χ0v) is 15.1. The number of fused-ring (bicyclic) bond motifs is 1. The number of benzene rings is 1. The first kappa shape index (κ1) is 16.8. The molecule has 0 aliphatic rings. The van der Waals surface area contributed by atoms with Crippen LogP contribution >= 0.6 is 23.1 Å². The van der Waals surface area contributed by atoms with Crippen molar-refractivity contribution in [1.82, 2.24) is 10.2 Å². The first-order valence-corrected chi connectivity index (χ1v) is 9.75. The summed E-state index contributed by atoms with van der Waals surface area (Å²) in [5.74, 6) is 1.20. The predicted molar refractivity (Wildman–Crippen MR) is 98.5 cm³/mol. The molecule has 21 heavy (non-hydrogen) atoms. The van der Waals surface area contributed by atoms with Gasteiger partial charge in [0.25, 0.3) is 0 Å². The Bertz CT molecular complexity index is 565. The quantitative estimate of drug-likeness (QED) is 0.784. The lowest BCUT2D eigenvalue weighted by atomic mass is 10.1. The molecule has 0 bridgehead atoms. The van der Waals surface area contributed by atoms with Gasteiger partial charge in [-0.2, -0.15) is 11.8 Å². The van der Waals surface area contributed by atoms with Crippen LogP contribution in [0.2, 0.25) is 0 Å². The van der Waals surface area contributed by atoms with E-state index in [9.17, 15) is 0 Å². The molecule has 1 heterocycles. The number of thiophene rings is 1. The lowest BCUT2D eigenvalue weighted by molar-refractivity contribution is 0.248. The smallest absolute Gasteiger partial charge is 0.0349 e. The maximum Gasteiger partial charge on any atom is 0.0349 e. The molecule has 0 aliphatic heterocycles. The molecule has 0 spiro atoms. The van der Waals surface area contributed by atoms with Crippen molar-refractivity contribution < 1.29 is 0 Å². The molecule has 2 aromatic rings. The molecule has 1 atom stereocenters. The SMILES string of the molecule is CCC(CSC)N(C)Cc1c(CNC)sc2ccccc12. The van der Waals surface area contributed by atoms with Crippen molar-refractivity contribution in [3.05, 3.63) is 34.7 Å². The fraction of sp³-hybridized carbons (Fsp3) is 0.529. The predicted octanol–water partition coefficient (Wildman–Crippen LogP) is 4.19. The van der Waals surface area contributed by atoms with Crippen LogP contribution in [0.25, 0.3) is 10.1 Å². The van der Waals surface area contributed by atoms with Gasteiger partial charge in [-0.3, -0.25) is 4.90 Å². The molecule has 1 aromatic carbocycles. The molecule has 1 aromatic heterocycles. The molecular formula is C17H26N2S2. The Kier molecular flexibility index (Phi) is 6.55. The highest BCUT2D eigenvalue weighted by Crippen LogP contribution is 2.32. The van der Waals surface area contributed by atoms with E-state index in [0.29, 0.717) is 6.04 Å². The van der Waals surface area contributed by atoms with Crippen molar-refractivity contribution >= 4 is 33.2 Å². The van der Waals surface area contributed by atoms with Crippen molar-refractivity contribution in [2.45, 2.75) is 32.5 Å². The molecule has 0 fully saturated rings. The summed E-state index contributed by atoms with van der Waals surface area (Å²) in [5.41, 5.74) is 1.51.